The summed E-state index contributed by atoms with van der Waals surface area (Å²) in [4.78, 5) is 27.7. The molecule has 0 bridgehead atoms. The van der Waals surface area contributed by atoms with Gasteiger partial charge in [-0.1, -0.05) is 149 Å². The van der Waals surface area contributed by atoms with Crippen LogP contribution < -0.4 is 10.4 Å². The number of hydrogen-bond donors (Lipinski definition) is 1. The van der Waals surface area contributed by atoms with Gasteiger partial charge in [0, 0.05) is 6.10 Å². The minimum Gasteiger partial charge on any atom is -0.439 e. The van der Waals surface area contributed by atoms with E-state index in [1.54, 1.807) is 13.8 Å². The molecule has 7 nitrogen and oxygen atoms in total. The van der Waals surface area contributed by atoms with E-state index in [2.05, 4.69) is 76.2 Å². The molecule has 6 atom stereocenters. The van der Waals surface area contributed by atoms with E-state index in [9.17, 15) is 14.7 Å². The van der Waals surface area contributed by atoms with Crippen LogP contribution >= 0.6 is 0 Å². The molecule has 51 heavy (non-hydrogen) atoms. The van der Waals surface area contributed by atoms with Crippen LogP contribution in [-0.4, -0.2) is 54.7 Å². The van der Waals surface area contributed by atoms with Crippen molar-refractivity contribution in [3.8, 4) is 0 Å². The minimum absolute atomic E-state index is 0.177. The summed E-state index contributed by atoms with van der Waals surface area (Å²) in [6.45, 7) is 12.8. The number of amides is 2. The molecule has 5 rings (SSSR count). The molecule has 4 aromatic carbocycles. The van der Waals surface area contributed by atoms with E-state index in [0.717, 1.165) is 16.0 Å². The van der Waals surface area contributed by atoms with Gasteiger partial charge >= 0.3 is 6.09 Å². The molecule has 1 heterocycles. The summed E-state index contributed by atoms with van der Waals surface area (Å²) >= 11 is 0. The van der Waals surface area contributed by atoms with Crippen molar-refractivity contribution in [1.29, 1.82) is 0 Å². The Hall–Kier alpha value is -4.08. The fourth-order valence-electron chi connectivity index (χ4n) is 7.31. The lowest BCUT2D eigenvalue weighted by Crippen LogP contribution is -2.67. The molecule has 1 fully saturated rings. The van der Waals surface area contributed by atoms with Crippen LogP contribution in [0, 0.1) is 5.92 Å². The lowest BCUT2D eigenvalue weighted by Gasteiger charge is -2.45. The Bertz CT molecular complexity index is 1640. The molecule has 1 aliphatic rings. The number of carbonyl (C=O) groups is 2. The second-order valence-corrected chi connectivity index (χ2v) is 19.1. The zero-order valence-corrected chi connectivity index (χ0v) is 31.8. The predicted octanol–water partition coefficient (Wildman–Crippen LogP) is 7.81. The smallest absolute Gasteiger partial charge is 0.417 e. The second kappa shape index (κ2) is 17.0. The molecule has 0 aliphatic carbocycles. The van der Waals surface area contributed by atoms with Crippen molar-refractivity contribution in [3.63, 3.8) is 0 Å². The van der Waals surface area contributed by atoms with Crippen LogP contribution in [0.4, 0.5) is 4.79 Å². The summed E-state index contributed by atoms with van der Waals surface area (Å²) < 4.78 is 19.5. The number of carbonyl (C=O) groups excluding carboxylic acids is 2. The summed E-state index contributed by atoms with van der Waals surface area (Å²) in [5.41, 5.74) is 1.89. The molecular weight excluding hydrogens is 655 g/mol. The topological polar surface area (TPSA) is 85.3 Å². The van der Waals surface area contributed by atoms with Crippen molar-refractivity contribution in [2.75, 3.05) is 0 Å². The van der Waals surface area contributed by atoms with Crippen LogP contribution in [0.5, 0.6) is 0 Å². The molecule has 1 aliphatic heterocycles. The lowest BCUT2D eigenvalue weighted by molar-refractivity contribution is -0.136. The van der Waals surface area contributed by atoms with Gasteiger partial charge in [0.25, 0.3) is 8.32 Å². The first kappa shape index (κ1) is 38.2. The molecule has 0 unspecified atom stereocenters. The zero-order valence-electron chi connectivity index (χ0n) is 30.8. The maximum absolute atomic E-state index is 13.7. The third-order valence-electron chi connectivity index (χ3n) is 10.1. The van der Waals surface area contributed by atoms with Gasteiger partial charge in [-0.05, 0) is 59.6 Å². The largest absolute Gasteiger partial charge is 0.439 e. The quantitative estimate of drug-likeness (QED) is 0.127. The first-order valence-corrected chi connectivity index (χ1v) is 20.0. The fraction of sp³-hybridized carbons (Fsp3) is 0.395. The summed E-state index contributed by atoms with van der Waals surface area (Å²) in [5.74, 6) is -1.25. The van der Waals surface area contributed by atoms with E-state index in [4.69, 9.17) is 13.9 Å². The van der Waals surface area contributed by atoms with Gasteiger partial charge < -0.3 is 19.0 Å². The van der Waals surface area contributed by atoms with Crippen molar-refractivity contribution < 1.29 is 28.6 Å². The van der Waals surface area contributed by atoms with Gasteiger partial charge in [0.15, 0.2) is 0 Å². The van der Waals surface area contributed by atoms with Crippen molar-refractivity contribution in [3.05, 3.63) is 132 Å². The van der Waals surface area contributed by atoms with Gasteiger partial charge in [0.1, 0.15) is 6.10 Å². The summed E-state index contributed by atoms with van der Waals surface area (Å²) in [7, 11) is -2.80. The van der Waals surface area contributed by atoms with Crippen molar-refractivity contribution in [2.24, 2.45) is 5.92 Å². The average Bonchev–Trinajstić information content (AvgIpc) is 3.44. The molecule has 0 saturated carbocycles. The Labute approximate surface area is 304 Å². The van der Waals surface area contributed by atoms with Gasteiger partial charge in [-0.25, -0.2) is 9.69 Å². The number of hydrogen-bond acceptors (Lipinski definition) is 6. The average molecular weight is 708 g/mol. The molecule has 1 saturated heterocycles. The van der Waals surface area contributed by atoms with E-state index >= 15 is 0 Å². The van der Waals surface area contributed by atoms with Crippen LogP contribution in [0.25, 0.3) is 0 Å². The third-order valence-corrected chi connectivity index (χ3v) is 15.3. The highest BCUT2D eigenvalue weighted by atomic mass is 28.4. The normalized spacial score (nSPS) is 18.9. The van der Waals surface area contributed by atoms with Crippen LogP contribution in [0.3, 0.4) is 0 Å². The Morgan fingerprint density at radius 1 is 0.824 bits per heavy atom. The van der Waals surface area contributed by atoms with E-state index in [1.165, 1.54) is 10.4 Å². The van der Waals surface area contributed by atoms with Crippen LogP contribution in [0.15, 0.2) is 121 Å². The molecule has 4 aromatic rings. The molecule has 1 N–H and O–H groups in total. The molecule has 8 heteroatoms. The molecule has 2 amide bonds. The molecular formula is C43H53NO6Si. The number of aliphatic hydroxyl groups excluding tert-OH is 1. The number of imide groups is 1. The standard InChI is InChI=1S/C43H53NO6Si/c1-31(50-51(43(4,5)6,37-23-15-9-16-24-37)38-25-17-10-18-26-38)29-36(48-30-34-19-11-7-12-20-34)27-28-39(45)32(2)41(46)44-33(3)40(49-42(44)47)35-21-13-8-14-22-35/h7-26,31-33,36,39-40,45H,27-30H2,1-6H3/t31-,32+,33+,36-,39-,40+/m0/s1. The maximum atomic E-state index is 13.7. The van der Waals surface area contributed by atoms with Crippen molar-refractivity contribution >= 4 is 30.7 Å². The second-order valence-electron chi connectivity index (χ2n) is 14.8. The highest BCUT2D eigenvalue weighted by molar-refractivity contribution is 6.99. The Kier molecular flexibility index (Phi) is 12.7. The van der Waals surface area contributed by atoms with Gasteiger partial charge in [-0.2, -0.15) is 0 Å². The van der Waals surface area contributed by atoms with Gasteiger partial charge in [0.05, 0.1) is 30.8 Å². The molecule has 0 radical (unpaired) electrons. The van der Waals surface area contributed by atoms with Gasteiger partial charge in [0.2, 0.25) is 5.91 Å². The first-order valence-electron chi connectivity index (χ1n) is 18.1. The number of cyclic esters (lactones) is 1. The minimum atomic E-state index is -2.80. The maximum Gasteiger partial charge on any atom is 0.417 e. The monoisotopic (exact) mass is 707 g/mol. The predicted molar refractivity (Wildman–Crippen MR) is 204 cm³/mol. The van der Waals surface area contributed by atoms with Crippen LogP contribution in [0.2, 0.25) is 5.04 Å². The lowest BCUT2D eigenvalue weighted by atomic mass is 9.95. The third kappa shape index (κ3) is 8.87. The highest BCUT2D eigenvalue weighted by Crippen LogP contribution is 2.38. The molecule has 270 valence electrons. The van der Waals surface area contributed by atoms with E-state index in [0.29, 0.717) is 25.9 Å². The number of aliphatic hydroxyl groups is 1. The summed E-state index contributed by atoms with van der Waals surface area (Å²) in [5, 5.41) is 13.6. The SMILES string of the molecule is C[C@@H]1[C@H](c2ccccc2)OC(=O)N1C(=O)[C@H](C)[C@@H](O)CC[C@@H](C[C@H](C)O[Si](c1ccccc1)(c1ccccc1)C(C)(C)C)OCc1ccccc1. The van der Waals surface area contributed by atoms with Crippen molar-refractivity contribution in [2.45, 2.75) is 103 Å². The van der Waals surface area contributed by atoms with E-state index in [1.807, 2.05) is 72.8 Å². The van der Waals surface area contributed by atoms with Gasteiger partial charge in [-0.3, -0.25) is 4.79 Å². The Balaban J connectivity index is 1.32. The Morgan fingerprint density at radius 3 is 1.86 bits per heavy atom. The zero-order chi connectivity index (χ0) is 36.6. The van der Waals surface area contributed by atoms with Crippen molar-refractivity contribution in [1.82, 2.24) is 4.90 Å². The number of rotatable bonds is 15. The summed E-state index contributed by atoms with van der Waals surface area (Å²) in [6.07, 6.45) is -1.23. The highest BCUT2D eigenvalue weighted by Gasteiger charge is 2.51. The van der Waals surface area contributed by atoms with Crippen LogP contribution in [-0.2, 0) is 25.3 Å². The van der Waals surface area contributed by atoms with Crippen LogP contribution in [0.1, 0.15) is 78.0 Å². The summed E-state index contributed by atoms with van der Waals surface area (Å²) in [6, 6.07) is 40.1. The van der Waals surface area contributed by atoms with Gasteiger partial charge in [-0.15, -0.1) is 0 Å². The Morgan fingerprint density at radius 2 is 1.33 bits per heavy atom. The molecule has 0 aromatic heterocycles. The van der Waals surface area contributed by atoms with E-state index < -0.39 is 44.5 Å². The molecule has 0 spiro atoms. The number of benzene rings is 4. The number of nitrogens with zero attached hydrogens (tertiary/aromatic N) is 1. The fourth-order valence-corrected chi connectivity index (χ4v) is 12.0. The van der Waals surface area contributed by atoms with E-state index in [-0.39, 0.29) is 17.2 Å². The number of ether oxygens (including phenoxy) is 2. The first-order chi connectivity index (χ1) is 24.4.